The van der Waals surface area contributed by atoms with Crippen molar-refractivity contribution in [3.63, 3.8) is 0 Å². The van der Waals surface area contributed by atoms with Gasteiger partial charge in [0, 0.05) is 0 Å². The maximum Gasteiger partial charge on any atom is -0.0155 e. The summed E-state index contributed by atoms with van der Waals surface area (Å²) in [6, 6.07) is 0. The molecule has 1 aliphatic heterocycles. The SMILES string of the molecule is CCC1(CC)C[SH](C)C1. The molecule has 1 saturated heterocycles. The molecule has 0 spiro atoms. The van der Waals surface area contributed by atoms with E-state index in [1.54, 1.807) is 11.5 Å². The zero-order valence-corrected chi connectivity index (χ0v) is 7.67. The molecule has 0 aliphatic carbocycles. The molecule has 1 heterocycles. The molecular formula is C8H18S. The summed E-state index contributed by atoms with van der Waals surface area (Å²) in [5, 5.41) is 0. The molecule has 0 nitrogen and oxygen atoms in total. The van der Waals surface area contributed by atoms with Gasteiger partial charge < -0.3 is 0 Å². The highest BCUT2D eigenvalue weighted by atomic mass is 32.2. The van der Waals surface area contributed by atoms with Gasteiger partial charge in [-0.05, 0) is 36.0 Å². The van der Waals surface area contributed by atoms with Crippen molar-refractivity contribution >= 4 is 10.9 Å². The number of hydrogen-bond acceptors (Lipinski definition) is 0. The smallest absolute Gasteiger partial charge is 0.0155 e. The molecule has 0 atom stereocenters. The highest BCUT2D eigenvalue weighted by Crippen LogP contribution is 2.51. The summed E-state index contributed by atoms with van der Waals surface area (Å²) in [7, 11) is 0.483. The lowest BCUT2D eigenvalue weighted by molar-refractivity contribution is 0.330. The third-order valence-corrected chi connectivity index (χ3v) is 5.13. The van der Waals surface area contributed by atoms with Crippen LogP contribution in [-0.4, -0.2) is 17.8 Å². The van der Waals surface area contributed by atoms with Gasteiger partial charge in [0.05, 0.1) is 0 Å². The average Bonchev–Trinajstić information content (AvgIpc) is 1.81. The van der Waals surface area contributed by atoms with Crippen LogP contribution in [0.25, 0.3) is 0 Å². The van der Waals surface area contributed by atoms with Crippen molar-refractivity contribution in [1.29, 1.82) is 0 Å². The van der Waals surface area contributed by atoms with Crippen molar-refractivity contribution in [2.24, 2.45) is 5.41 Å². The predicted octanol–water partition coefficient (Wildman–Crippen LogP) is 2.44. The summed E-state index contributed by atoms with van der Waals surface area (Å²) in [5.41, 5.74) is 0.806. The lowest BCUT2D eigenvalue weighted by Crippen LogP contribution is -2.38. The quantitative estimate of drug-likeness (QED) is 0.568. The second-order valence-corrected chi connectivity index (χ2v) is 5.72. The molecule has 56 valence electrons. The van der Waals surface area contributed by atoms with Gasteiger partial charge in [0.1, 0.15) is 0 Å². The second kappa shape index (κ2) is 2.53. The maximum absolute atomic E-state index is 2.43. The van der Waals surface area contributed by atoms with Crippen molar-refractivity contribution < 1.29 is 0 Å². The Kier molecular flexibility index (Phi) is 2.10. The average molecular weight is 146 g/mol. The molecule has 0 radical (unpaired) electrons. The predicted molar refractivity (Wildman–Crippen MR) is 47.7 cm³/mol. The fraction of sp³-hybridized carbons (Fsp3) is 1.00. The molecule has 0 unspecified atom stereocenters. The summed E-state index contributed by atoms with van der Waals surface area (Å²) in [5.74, 6) is 3.10. The Balaban J connectivity index is 2.36. The summed E-state index contributed by atoms with van der Waals surface area (Å²) in [6.45, 7) is 4.68. The first-order valence-electron chi connectivity index (χ1n) is 3.91. The van der Waals surface area contributed by atoms with E-state index in [-0.39, 0.29) is 0 Å². The van der Waals surface area contributed by atoms with E-state index in [9.17, 15) is 0 Å². The molecule has 0 saturated carbocycles. The van der Waals surface area contributed by atoms with Gasteiger partial charge in [-0.1, -0.05) is 13.8 Å². The third kappa shape index (κ3) is 1.26. The minimum Gasteiger partial charge on any atom is -0.255 e. The molecule has 0 amide bonds. The van der Waals surface area contributed by atoms with Crippen LogP contribution in [0.4, 0.5) is 0 Å². The summed E-state index contributed by atoms with van der Waals surface area (Å²) in [6.07, 6.45) is 5.26. The van der Waals surface area contributed by atoms with Crippen LogP contribution in [0.2, 0.25) is 0 Å². The van der Waals surface area contributed by atoms with Gasteiger partial charge in [0.25, 0.3) is 0 Å². The van der Waals surface area contributed by atoms with Crippen LogP contribution in [-0.2, 0) is 0 Å². The summed E-state index contributed by atoms with van der Waals surface area (Å²) >= 11 is 0. The second-order valence-electron chi connectivity index (χ2n) is 3.38. The maximum atomic E-state index is 2.43. The van der Waals surface area contributed by atoms with Gasteiger partial charge in [0.2, 0.25) is 0 Å². The zero-order valence-electron chi connectivity index (χ0n) is 6.78. The summed E-state index contributed by atoms with van der Waals surface area (Å²) in [4.78, 5) is 0. The van der Waals surface area contributed by atoms with Crippen LogP contribution in [0.3, 0.4) is 0 Å². The van der Waals surface area contributed by atoms with Gasteiger partial charge in [-0.3, -0.25) is 10.9 Å². The van der Waals surface area contributed by atoms with Crippen LogP contribution in [0.1, 0.15) is 26.7 Å². The van der Waals surface area contributed by atoms with Gasteiger partial charge in [-0.2, -0.15) is 0 Å². The van der Waals surface area contributed by atoms with Crippen LogP contribution in [0, 0.1) is 5.41 Å². The minimum atomic E-state index is 0.483. The Morgan fingerprint density at radius 3 is 1.78 bits per heavy atom. The first-order valence-corrected chi connectivity index (χ1v) is 6.07. The van der Waals surface area contributed by atoms with Gasteiger partial charge in [-0.15, -0.1) is 0 Å². The highest BCUT2D eigenvalue weighted by molar-refractivity contribution is 8.17. The molecule has 1 heteroatoms. The van der Waals surface area contributed by atoms with E-state index in [0.29, 0.717) is 10.9 Å². The third-order valence-electron chi connectivity index (χ3n) is 2.71. The van der Waals surface area contributed by atoms with E-state index >= 15 is 0 Å². The Morgan fingerprint density at radius 1 is 1.22 bits per heavy atom. The van der Waals surface area contributed by atoms with E-state index in [1.807, 2.05) is 0 Å². The Labute approximate surface area is 61.4 Å². The van der Waals surface area contributed by atoms with E-state index in [2.05, 4.69) is 20.1 Å². The molecule has 0 aromatic carbocycles. The van der Waals surface area contributed by atoms with E-state index in [4.69, 9.17) is 0 Å². The van der Waals surface area contributed by atoms with E-state index in [1.165, 1.54) is 12.8 Å². The lowest BCUT2D eigenvalue weighted by atomic mass is 9.86. The normalized spacial score (nSPS) is 27.7. The van der Waals surface area contributed by atoms with Crippen LogP contribution >= 0.6 is 10.9 Å². The Bertz CT molecular complexity index is 86.7. The summed E-state index contributed by atoms with van der Waals surface area (Å²) < 4.78 is 0. The molecule has 9 heavy (non-hydrogen) atoms. The van der Waals surface area contributed by atoms with Crippen LogP contribution in [0.5, 0.6) is 0 Å². The molecule has 1 fully saturated rings. The molecule has 0 aromatic rings. The van der Waals surface area contributed by atoms with Crippen molar-refractivity contribution in [1.82, 2.24) is 0 Å². The van der Waals surface area contributed by atoms with Gasteiger partial charge in [-0.25, -0.2) is 0 Å². The number of thiol groups is 1. The van der Waals surface area contributed by atoms with Crippen molar-refractivity contribution in [2.75, 3.05) is 17.8 Å². The molecule has 0 aromatic heterocycles. The molecule has 0 N–H and O–H groups in total. The fourth-order valence-electron chi connectivity index (χ4n) is 1.80. The number of rotatable bonds is 2. The standard InChI is InChI=1S/C8H18S/c1-4-8(5-2)6-9(3)7-8/h9H,4-7H2,1-3H3. The Morgan fingerprint density at radius 2 is 1.67 bits per heavy atom. The van der Waals surface area contributed by atoms with Crippen molar-refractivity contribution in [3.05, 3.63) is 0 Å². The van der Waals surface area contributed by atoms with Crippen LogP contribution in [0.15, 0.2) is 0 Å². The van der Waals surface area contributed by atoms with E-state index < -0.39 is 0 Å². The Hall–Kier alpha value is 0.350. The number of hydrogen-bond donors (Lipinski definition) is 1. The van der Waals surface area contributed by atoms with Gasteiger partial charge in [0.15, 0.2) is 0 Å². The first kappa shape index (κ1) is 7.46. The fourth-order valence-corrected chi connectivity index (χ4v) is 4.89. The highest BCUT2D eigenvalue weighted by Gasteiger charge is 2.36. The first-order chi connectivity index (χ1) is 4.22. The van der Waals surface area contributed by atoms with Gasteiger partial charge >= 0.3 is 0 Å². The zero-order chi connectivity index (χ0) is 6.91. The largest absolute Gasteiger partial charge is 0.255 e. The van der Waals surface area contributed by atoms with E-state index in [0.717, 1.165) is 5.41 Å². The molecule has 1 rings (SSSR count). The lowest BCUT2D eigenvalue weighted by Gasteiger charge is -2.48. The van der Waals surface area contributed by atoms with Crippen molar-refractivity contribution in [2.45, 2.75) is 26.7 Å². The molecule has 0 bridgehead atoms. The minimum absolute atomic E-state index is 0.483. The molecule has 1 aliphatic rings. The monoisotopic (exact) mass is 146 g/mol. The topological polar surface area (TPSA) is 0 Å². The van der Waals surface area contributed by atoms with Crippen molar-refractivity contribution in [3.8, 4) is 0 Å². The van der Waals surface area contributed by atoms with Crippen LogP contribution < -0.4 is 0 Å². The molecular weight excluding hydrogens is 128 g/mol.